The van der Waals surface area contributed by atoms with Gasteiger partial charge in [-0.15, -0.1) is 0 Å². The van der Waals surface area contributed by atoms with Crippen LogP contribution in [-0.2, 0) is 27.9 Å². The number of unbranched alkanes of at least 4 members (excludes halogenated alkanes) is 18. The Bertz CT molecular complexity index is 1060. The minimum absolute atomic E-state index is 0.0343. The second kappa shape index (κ2) is 42.8. The summed E-state index contributed by atoms with van der Waals surface area (Å²) in [5.41, 5.74) is 0. The number of allylic oxidation sites excluding steroid dienone is 10. The van der Waals surface area contributed by atoms with Crippen LogP contribution in [0.2, 0.25) is 0 Å². The molecule has 0 aromatic rings. The van der Waals surface area contributed by atoms with Gasteiger partial charge in [-0.2, -0.15) is 0 Å². The first-order chi connectivity index (χ1) is 27.3. The van der Waals surface area contributed by atoms with Crippen molar-refractivity contribution in [3.8, 4) is 0 Å². The van der Waals surface area contributed by atoms with Gasteiger partial charge in [-0.1, -0.05) is 158 Å². The fraction of sp³-hybridized carbons (Fsp3) is 0.761. The summed E-state index contributed by atoms with van der Waals surface area (Å²) < 4.78 is 33.3. The number of aliphatic hydroxyl groups is 2. The molecule has 0 spiro atoms. The molecular formula is C46H83O9P. The van der Waals surface area contributed by atoms with Crippen LogP contribution in [0.25, 0.3) is 0 Å². The van der Waals surface area contributed by atoms with E-state index >= 15 is 0 Å². The SMILES string of the molecule is CCC/C=C\C/C=C\CCCCCCCC(=O)OC(COCCCCCCCCC/C=C\C/C=C\C/C=C\CCCCCCC)COP(=O)(O)OCC(O)CO. The Morgan fingerprint density at radius 1 is 0.554 bits per heavy atom. The Hall–Kier alpha value is -1.84. The lowest BCUT2D eigenvalue weighted by atomic mass is 10.1. The summed E-state index contributed by atoms with van der Waals surface area (Å²) in [6, 6.07) is 0. The Kier molecular flexibility index (Phi) is 41.4. The van der Waals surface area contributed by atoms with Crippen molar-refractivity contribution in [2.75, 3.05) is 33.0 Å². The second-order valence-electron chi connectivity index (χ2n) is 14.7. The normalized spacial score (nSPS) is 14.6. The summed E-state index contributed by atoms with van der Waals surface area (Å²) in [7, 11) is -4.53. The number of ether oxygens (including phenoxy) is 2. The molecule has 9 nitrogen and oxygen atoms in total. The maximum atomic E-state index is 12.6. The highest BCUT2D eigenvalue weighted by molar-refractivity contribution is 7.47. The van der Waals surface area contributed by atoms with Crippen LogP contribution < -0.4 is 0 Å². The molecule has 0 aliphatic heterocycles. The Morgan fingerprint density at radius 3 is 1.52 bits per heavy atom. The largest absolute Gasteiger partial charge is 0.472 e. The molecule has 3 unspecified atom stereocenters. The summed E-state index contributed by atoms with van der Waals surface area (Å²) in [5.74, 6) is -0.403. The maximum Gasteiger partial charge on any atom is 0.472 e. The summed E-state index contributed by atoms with van der Waals surface area (Å²) >= 11 is 0. The van der Waals surface area contributed by atoms with Crippen LogP contribution in [0.15, 0.2) is 60.8 Å². The molecule has 0 saturated carbocycles. The van der Waals surface area contributed by atoms with E-state index in [0.29, 0.717) is 13.0 Å². The van der Waals surface area contributed by atoms with Gasteiger partial charge in [0, 0.05) is 13.0 Å². The molecule has 3 atom stereocenters. The topological polar surface area (TPSA) is 132 Å². The van der Waals surface area contributed by atoms with Crippen molar-refractivity contribution in [2.45, 2.75) is 193 Å². The van der Waals surface area contributed by atoms with Gasteiger partial charge in [0.25, 0.3) is 0 Å². The molecule has 0 aliphatic carbocycles. The van der Waals surface area contributed by atoms with Crippen molar-refractivity contribution in [3.05, 3.63) is 60.8 Å². The maximum absolute atomic E-state index is 12.6. The van der Waals surface area contributed by atoms with E-state index in [0.717, 1.165) is 83.5 Å². The van der Waals surface area contributed by atoms with Gasteiger partial charge in [-0.25, -0.2) is 4.57 Å². The van der Waals surface area contributed by atoms with Gasteiger partial charge >= 0.3 is 13.8 Å². The molecule has 0 saturated heterocycles. The molecule has 0 bridgehead atoms. The van der Waals surface area contributed by atoms with Crippen molar-refractivity contribution in [3.63, 3.8) is 0 Å². The molecule has 0 fully saturated rings. The summed E-state index contributed by atoms with van der Waals surface area (Å²) in [6.07, 6.45) is 48.9. The zero-order valence-electron chi connectivity index (χ0n) is 35.6. The number of esters is 1. The van der Waals surface area contributed by atoms with Gasteiger partial charge in [0.1, 0.15) is 12.2 Å². The van der Waals surface area contributed by atoms with Crippen LogP contribution in [0.5, 0.6) is 0 Å². The summed E-state index contributed by atoms with van der Waals surface area (Å²) in [4.78, 5) is 22.6. The van der Waals surface area contributed by atoms with Crippen molar-refractivity contribution < 1.29 is 43.0 Å². The first-order valence-corrected chi connectivity index (χ1v) is 23.8. The van der Waals surface area contributed by atoms with Gasteiger partial charge < -0.3 is 24.6 Å². The van der Waals surface area contributed by atoms with E-state index in [4.69, 9.17) is 23.6 Å². The zero-order valence-corrected chi connectivity index (χ0v) is 36.5. The van der Waals surface area contributed by atoms with E-state index in [9.17, 15) is 19.4 Å². The molecule has 3 N–H and O–H groups in total. The van der Waals surface area contributed by atoms with Crippen LogP contribution >= 0.6 is 7.82 Å². The van der Waals surface area contributed by atoms with Crippen LogP contribution in [0, 0.1) is 0 Å². The minimum Gasteiger partial charge on any atom is -0.457 e. The van der Waals surface area contributed by atoms with Crippen LogP contribution in [0.4, 0.5) is 0 Å². The van der Waals surface area contributed by atoms with Crippen LogP contribution in [-0.4, -0.2) is 66.3 Å². The molecule has 56 heavy (non-hydrogen) atoms. The number of hydrogen-bond donors (Lipinski definition) is 3. The third kappa shape index (κ3) is 41.8. The average Bonchev–Trinajstić information content (AvgIpc) is 3.19. The van der Waals surface area contributed by atoms with Crippen LogP contribution in [0.1, 0.15) is 181 Å². The summed E-state index contributed by atoms with van der Waals surface area (Å²) in [6.45, 7) is 3.39. The number of phosphoric ester groups is 1. The highest BCUT2D eigenvalue weighted by atomic mass is 31.2. The first-order valence-electron chi connectivity index (χ1n) is 22.3. The van der Waals surface area contributed by atoms with Crippen molar-refractivity contribution in [1.82, 2.24) is 0 Å². The lowest BCUT2D eigenvalue weighted by Gasteiger charge is -2.20. The molecule has 10 heteroatoms. The van der Waals surface area contributed by atoms with Gasteiger partial charge in [0.2, 0.25) is 0 Å². The average molecular weight is 811 g/mol. The van der Waals surface area contributed by atoms with Crippen LogP contribution in [0.3, 0.4) is 0 Å². The van der Waals surface area contributed by atoms with E-state index in [2.05, 4.69) is 74.6 Å². The standard InChI is InChI=1S/C46H83O9P/c1-3-5-7-9-11-13-15-17-18-19-20-21-22-23-24-25-27-29-31-33-35-37-39-52-42-45(43-54-56(50,51)53-41-44(48)40-47)55-46(49)38-36-34-32-30-28-26-16-14-12-10-8-6-4-2/h8,10,14-17,19-20,22-23,44-45,47-48H,3-7,9,11-13,18,21,24-43H2,1-2H3,(H,50,51)/b10-8-,16-14-,17-15-,20-19-,23-22-. The van der Waals surface area contributed by atoms with Crippen molar-refractivity contribution in [1.29, 1.82) is 0 Å². The lowest BCUT2D eigenvalue weighted by molar-refractivity contribution is -0.154. The molecule has 0 radical (unpaired) electrons. The van der Waals surface area contributed by atoms with Gasteiger partial charge in [0.15, 0.2) is 0 Å². The Balaban J connectivity index is 4.16. The highest BCUT2D eigenvalue weighted by Crippen LogP contribution is 2.43. The number of carbonyl (C=O) groups excluding carboxylic acids is 1. The number of hydrogen-bond acceptors (Lipinski definition) is 8. The molecule has 0 aromatic heterocycles. The number of aliphatic hydroxyl groups excluding tert-OH is 2. The minimum atomic E-state index is -4.53. The highest BCUT2D eigenvalue weighted by Gasteiger charge is 2.26. The summed E-state index contributed by atoms with van der Waals surface area (Å²) in [5, 5.41) is 18.3. The fourth-order valence-corrected chi connectivity index (χ4v) is 6.54. The Labute approximate surface area is 342 Å². The van der Waals surface area contributed by atoms with Crippen molar-refractivity contribution >= 4 is 13.8 Å². The molecule has 326 valence electrons. The van der Waals surface area contributed by atoms with E-state index < -0.39 is 39.2 Å². The fourth-order valence-electron chi connectivity index (χ4n) is 5.75. The molecule has 0 rings (SSSR count). The molecule has 0 aromatic carbocycles. The van der Waals surface area contributed by atoms with Gasteiger partial charge in [-0.3, -0.25) is 13.8 Å². The first kappa shape index (κ1) is 54.2. The smallest absolute Gasteiger partial charge is 0.457 e. The van der Waals surface area contributed by atoms with E-state index in [1.807, 2.05) is 0 Å². The number of carbonyl (C=O) groups is 1. The second-order valence-corrected chi connectivity index (χ2v) is 16.2. The monoisotopic (exact) mass is 811 g/mol. The number of rotatable bonds is 42. The molecular weight excluding hydrogens is 727 g/mol. The lowest BCUT2D eigenvalue weighted by Crippen LogP contribution is -2.29. The molecule has 0 heterocycles. The van der Waals surface area contributed by atoms with Gasteiger partial charge in [-0.05, 0) is 77.0 Å². The zero-order chi connectivity index (χ0) is 41.1. The van der Waals surface area contributed by atoms with Gasteiger partial charge in [0.05, 0.1) is 26.4 Å². The van der Waals surface area contributed by atoms with E-state index in [1.165, 1.54) is 70.6 Å². The van der Waals surface area contributed by atoms with Crippen molar-refractivity contribution in [2.24, 2.45) is 0 Å². The quantitative estimate of drug-likeness (QED) is 0.0239. The predicted molar refractivity (Wildman–Crippen MR) is 233 cm³/mol. The molecule has 0 amide bonds. The predicted octanol–water partition coefficient (Wildman–Crippen LogP) is 12.4. The van der Waals surface area contributed by atoms with E-state index in [-0.39, 0.29) is 19.6 Å². The third-order valence-electron chi connectivity index (χ3n) is 9.16. The molecule has 0 aliphatic rings. The third-order valence-corrected chi connectivity index (χ3v) is 10.1. The Morgan fingerprint density at radius 2 is 1.00 bits per heavy atom. The van der Waals surface area contributed by atoms with E-state index in [1.54, 1.807) is 0 Å². The number of phosphoric acid groups is 1.